The van der Waals surface area contributed by atoms with Gasteiger partial charge in [0.1, 0.15) is 6.54 Å². The standard InChI is InChI=1S/C7H8N4O/c1-12-6-10-7-4-9-5-11(7)3-2-8/h4-6H,3H2,1H3/b10-6+. The highest BCUT2D eigenvalue weighted by Gasteiger charge is 1.96. The van der Waals surface area contributed by atoms with Crippen molar-refractivity contribution in [3.8, 4) is 6.07 Å². The Hall–Kier alpha value is -1.83. The highest BCUT2D eigenvalue weighted by Crippen LogP contribution is 2.08. The van der Waals surface area contributed by atoms with Gasteiger partial charge in [0.2, 0.25) is 0 Å². The van der Waals surface area contributed by atoms with E-state index in [1.807, 2.05) is 6.07 Å². The Morgan fingerprint density at radius 1 is 1.92 bits per heavy atom. The van der Waals surface area contributed by atoms with Gasteiger partial charge < -0.3 is 9.30 Å². The molecule has 12 heavy (non-hydrogen) atoms. The lowest BCUT2D eigenvalue weighted by Gasteiger charge is -1.95. The highest BCUT2D eigenvalue weighted by molar-refractivity contribution is 5.52. The highest BCUT2D eigenvalue weighted by atomic mass is 16.5. The second-order valence-electron chi connectivity index (χ2n) is 2.01. The Bertz CT molecular complexity index is 309. The van der Waals surface area contributed by atoms with Crippen LogP contribution in [0, 0.1) is 11.3 Å². The van der Waals surface area contributed by atoms with Gasteiger partial charge in [0.25, 0.3) is 0 Å². The van der Waals surface area contributed by atoms with Crippen LogP contribution in [0.4, 0.5) is 5.82 Å². The van der Waals surface area contributed by atoms with Crippen molar-refractivity contribution in [1.82, 2.24) is 9.55 Å². The maximum Gasteiger partial charge on any atom is 0.175 e. The first kappa shape index (κ1) is 8.27. The van der Waals surface area contributed by atoms with Crippen LogP contribution in [0.25, 0.3) is 0 Å². The van der Waals surface area contributed by atoms with Crippen LogP contribution in [-0.4, -0.2) is 23.1 Å². The molecule has 5 heteroatoms. The molecule has 0 unspecified atom stereocenters. The third-order valence-electron chi connectivity index (χ3n) is 1.22. The monoisotopic (exact) mass is 164 g/mol. The number of nitriles is 1. The summed E-state index contributed by atoms with van der Waals surface area (Å²) in [6.45, 7) is 0.246. The molecular formula is C7H8N4O. The molecule has 0 N–H and O–H groups in total. The lowest BCUT2D eigenvalue weighted by Crippen LogP contribution is -1.92. The Morgan fingerprint density at radius 3 is 3.42 bits per heavy atom. The molecule has 0 aliphatic heterocycles. The van der Waals surface area contributed by atoms with E-state index in [-0.39, 0.29) is 6.54 Å². The number of hydrogen-bond acceptors (Lipinski definition) is 4. The van der Waals surface area contributed by atoms with Crippen molar-refractivity contribution >= 4 is 12.2 Å². The van der Waals surface area contributed by atoms with Gasteiger partial charge in [-0.15, -0.1) is 0 Å². The summed E-state index contributed by atoms with van der Waals surface area (Å²) in [6, 6.07) is 2.00. The fourth-order valence-corrected chi connectivity index (χ4v) is 0.726. The van der Waals surface area contributed by atoms with Crippen molar-refractivity contribution in [2.24, 2.45) is 4.99 Å². The number of rotatable bonds is 3. The van der Waals surface area contributed by atoms with Crippen molar-refractivity contribution in [1.29, 1.82) is 5.26 Å². The molecule has 0 bridgehead atoms. The molecule has 1 rings (SSSR count). The first-order valence-corrected chi connectivity index (χ1v) is 3.31. The van der Waals surface area contributed by atoms with Gasteiger partial charge in [0.15, 0.2) is 12.2 Å². The van der Waals surface area contributed by atoms with Gasteiger partial charge in [-0.2, -0.15) is 5.26 Å². The SMILES string of the molecule is CO/C=N/c1cncn1CC#N. The minimum absolute atomic E-state index is 0.246. The Morgan fingerprint density at radius 2 is 2.75 bits per heavy atom. The van der Waals surface area contributed by atoms with E-state index >= 15 is 0 Å². The molecule has 5 nitrogen and oxygen atoms in total. The second-order valence-corrected chi connectivity index (χ2v) is 2.01. The molecule has 1 aromatic rings. The van der Waals surface area contributed by atoms with Crippen LogP contribution in [0.3, 0.4) is 0 Å². The summed E-state index contributed by atoms with van der Waals surface area (Å²) in [5.74, 6) is 0.610. The van der Waals surface area contributed by atoms with Crippen molar-refractivity contribution in [2.45, 2.75) is 6.54 Å². The maximum absolute atomic E-state index is 8.41. The molecule has 0 aliphatic rings. The van der Waals surface area contributed by atoms with E-state index in [2.05, 4.69) is 14.7 Å². The molecule has 0 aliphatic carbocycles. The molecule has 1 aromatic heterocycles. The zero-order chi connectivity index (χ0) is 8.81. The topological polar surface area (TPSA) is 63.2 Å². The normalized spacial score (nSPS) is 10.0. The number of imidazole rings is 1. The Balaban J connectivity index is 2.78. The lowest BCUT2D eigenvalue weighted by atomic mass is 10.6. The van der Waals surface area contributed by atoms with Crippen LogP contribution in [-0.2, 0) is 11.3 Å². The van der Waals surface area contributed by atoms with Gasteiger partial charge in [0, 0.05) is 0 Å². The van der Waals surface area contributed by atoms with E-state index in [9.17, 15) is 0 Å². The van der Waals surface area contributed by atoms with Crippen LogP contribution >= 0.6 is 0 Å². The average Bonchev–Trinajstić information content (AvgIpc) is 2.50. The number of methoxy groups -OCH3 is 1. The van der Waals surface area contributed by atoms with E-state index in [0.29, 0.717) is 5.82 Å². The van der Waals surface area contributed by atoms with Gasteiger partial charge in [-0.1, -0.05) is 0 Å². The lowest BCUT2D eigenvalue weighted by molar-refractivity contribution is 0.423. The van der Waals surface area contributed by atoms with Gasteiger partial charge in [-0.3, -0.25) is 0 Å². The van der Waals surface area contributed by atoms with E-state index in [4.69, 9.17) is 5.26 Å². The zero-order valence-corrected chi connectivity index (χ0v) is 6.64. The molecule has 0 amide bonds. The number of aliphatic imine (C=N–C) groups is 1. The number of nitrogens with zero attached hydrogens (tertiary/aromatic N) is 4. The van der Waals surface area contributed by atoms with Gasteiger partial charge in [-0.25, -0.2) is 9.98 Å². The van der Waals surface area contributed by atoms with Crippen molar-refractivity contribution in [3.05, 3.63) is 12.5 Å². The summed E-state index contributed by atoms with van der Waals surface area (Å²) in [7, 11) is 1.51. The largest absolute Gasteiger partial charge is 0.486 e. The van der Waals surface area contributed by atoms with E-state index in [0.717, 1.165) is 0 Å². The molecule has 1 heterocycles. The predicted octanol–water partition coefficient (Wildman–Crippen LogP) is 0.713. The first-order valence-electron chi connectivity index (χ1n) is 3.31. The van der Waals surface area contributed by atoms with E-state index in [1.165, 1.54) is 13.5 Å². The van der Waals surface area contributed by atoms with Crippen molar-refractivity contribution in [2.75, 3.05) is 7.11 Å². The summed E-state index contributed by atoms with van der Waals surface area (Å²) in [6.07, 6.45) is 4.41. The number of hydrogen-bond donors (Lipinski definition) is 0. The van der Waals surface area contributed by atoms with Crippen molar-refractivity contribution < 1.29 is 4.74 Å². The van der Waals surface area contributed by atoms with Crippen molar-refractivity contribution in [3.63, 3.8) is 0 Å². The molecular weight excluding hydrogens is 156 g/mol. The fourth-order valence-electron chi connectivity index (χ4n) is 0.726. The van der Waals surface area contributed by atoms with Crippen LogP contribution in [0.5, 0.6) is 0 Å². The number of ether oxygens (including phenoxy) is 1. The minimum Gasteiger partial charge on any atom is -0.486 e. The van der Waals surface area contributed by atoms with Gasteiger partial charge in [0.05, 0.1) is 25.7 Å². The minimum atomic E-state index is 0.246. The molecule has 0 radical (unpaired) electrons. The second kappa shape index (κ2) is 4.13. The van der Waals surface area contributed by atoms with Gasteiger partial charge in [-0.05, 0) is 0 Å². The third kappa shape index (κ3) is 1.83. The predicted molar refractivity (Wildman–Crippen MR) is 43.0 cm³/mol. The first-order chi connectivity index (χ1) is 5.88. The molecule has 0 aromatic carbocycles. The smallest absolute Gasteiger partial charge is 0.175 e. The summed E-state index contributed by atoms with van der Waals surface area (Å²) in [5, 5.41) is 8.41. The molecule has 0 atom stereocenters. The molecule has 0 fully saturated rings. The molecule has 0 saturated heterocycles. The van der Waals surface area contributed by atoms with Crippen LogP contribution in [0.1, 0.15) is 0 Å². The Labute approximate surface area is 69.9 Å². The summed E-state index contributed by atoms with van der Waals surface area (Å²) >= 11 is 0. The molecule has 0 saturated carbocycles. The average molecular weight is 164 g/mol. The maximum atomic E-state index is 8.41. The fraction of sp³-hybridized carbons (Fsp3) is 0.286. The van der Waals surface area contributed by atoms with Crippen LogP contribution in [0.15, 0.2) is 17.5 Å². The Kier molecular flexibility index (Phi) is 2.85. The molecule has 62 valence electrons. The van der Waals surface area contributed by atoms with Gasteiger partial charge >= 0.3 is 0 Å². The van der Waals surface area contributed by atoms with Crippen LogP contribution < -0.4 is 0 Å². The van der Waals surface area contributed by atoms with E-state index in [1.54, 1.807) is 17.1 Å². The van der Waals surface area contributed by atoms with E-state index < -0.39 is 0 Å². The summed E-state index contributed by atoms with van der Waals surface area (Å²) in [4.78, 5) is 7.74. The van der Waals surface area contributed by atoms with Crippen LogP contribution in [0.2, 0.25) is 0 Å². The number of aromatic nitrogens is 2. The zero-order valence-electron chi connectivity index (χ0n) is 6.64. The quantitative estimate of drug-likeness (QED) is 0.488. The summed E-state index contributed by atoms with van der Waals surface area (Å²) in [5.41, 5.74) is 0. The molecule has 0 spiro atoms. The third-order valence-corrected chi connectivity index (χ3v) is 1.22. The summed E-state index contributed by atoms with van der Waals surface area (Å²) < 4.78 is 6.25.